The van der Waals surface area contributed by atoms with Gasteiger partial charge < -0.3 is 14.6 Å². The number of carboxylic acids is 1. The van der Waals surface area contributed by atoms with E-state index in [-0.39, 0.29) is 16.4 Å². The second kappa shape index (κ2) is 5.79. The van der Waals surface area contributed by atoms with Gasteiger partial charge in [0.05, 0.1) is 19.6 Å². The number of carboxylic acid groups (broad SMARTS) is 1. The van der Waals surface area contributed by atoms with Crippen molar-refractivity contribution in [3.8, 4) is 11.5 Å². The summed E-state index contributed by atoms with van der Waals surface area (Å²) >= 11 is 0. The summed E-state index contributed by atoms with van der Waals surface area (Å²) in [5, 5.41) is 9.72. The molecule has 0 unspecified atom stereocenters. The molecular weight excluding hydrogens is 308 g/mol. The summed E-state index contributed by atoms with van der Waals surface area (Å²) in [4.78, 5) is 11.9. The van der Waals surface area contributed by atoms with Crippen LogP contribution in [0.5, 0.6) is 11.5 Å². The number of hydrogen-bond donors (Lipinski definition) is 1. The molecule has 22 heavy (non-hydrogen) atoms. The lowest BCUT2D eigenvalue weighted by molar-refractivity contribution is -0.143. The van der Waals surface area contributed by atoms with Crippen LogP contribution in [0.1, 0.15) is 31.2 Å². The molecule has 1 aromatic carbocycles. The zero-order valence-corrected chi connectivity index (χ0v) is 13.7. The maximum absolute atomic E-state index is 11.9. The zero-order chi connectivity index (χ0) is 16.5. The highest BCUT2D eigenvalue weighted by Crippen LogP contribution is 2.49. The minimum atomic E-state index is -3.51. The molecule has 0 heterocycles. The third-order valence-corrected chi connectivity index (χ3v) is 5.39. The topological polar surface area (TPSA) is 89.9 Å². The van der Waals surface area contributed by atoms with Gasteiger partial charge in [-0.2, -0.15) is 0 Å². The molecular formula is C15H20O6S. The second-order valence-electron chi connectivity index (χ2n) is 5.54. The molecule has 1 N–H and O–H groups in total. The molecule has 1 aliphatic rings. The summed E-state index contributed by atoms with van der Waals surface area (Å²) in [6, 6.07) is 2.94. The first-order chi connectivity index (χ1) is 10.3. The third-order valence-electron chi connectivity index (χ3n) is 4.27. The van der Waals surface area contributed by atoms with E-state index in [9.17, 15) is 18.3 Å². The number of hydrogen-bond acceptors (Lipinski definition) is 5. The van der Waals surface area contributed by atoms with Gasteiger partial charge in [-0.1, -0.05) is 18.9 Å². The third kappa shape index (κ3) is 2.54. The number of methoxy groups -OCH3 is 2. The molecule has 0 aliphatic heterocycles. The Bertz CT molecular complexity index is 686. The van der Waals surface area contributed by atoms with Crippen LogP contribution in [0.25, 0.3) is 0 Å². The van der Waals surface area contributed by atoms with Crippen molar-refractivity contribution >= 4 is 15.8 Å². The van der Waals surface area contributed by atoms with Crippen molar-refractivity contribution in [3.05, 3.63) is 17.7 Å². The van der Waals surface area contributed by atoms with Crippen LogP contribution in [0.15, 0.2) is 17.0 Å². The van der Waals surface area contributed by atoms with Crippen molar-refractivity contribution < 1.29 is 27.8 Å². The number of aliphatic carboxylic acids is 1. The van der Waals surface area contributed by atoms with Gasteiger partial charge in [-0.05, 0) is 18.9 Å². The van der Waals surface area contributed by atoms with E-state index < -0.39 is 21.2 Å². The Balaban J connectivity index is 2.76. The number of benzene rings is 1. The van der Waals surface area contributed by atoms with Crippen LogP contribution < -0.4 is 9.47 Å². The predicted molar refractivity (Wildman–Crippen MR) is 80.4 cm³/mol. The highest BCUT2D eigenvalue weighted by Gasteiger charge is 2.46. The molecule has 0 saturated heterocycles. The van der Waals surface area contributed by atoms with Crippen molar-refractivity contribution in [2.75, 3.05) is 20.5 Å². The van der Waals surface area contributed by atoms with E-state index in [0.29, 0.717) is 18.4 Å². The van der Waals surface area contributed by atoms with Crippen LogP contribution in [-0.4, -0.2) is 40.0 Å². The molecule has 122 valence electrons. The monoisotopic (exact) mass is 328 g/mol. The van der Waals surface area contributed by atoms with Crippen LogP contribution in [0.3, 0.4) is 0 Å². The Hall–Kier alpha value is -1.76. The van der Waals surface area contributed by atoms with E-state index in [2.05, 4.69) is 0 Å². The first kappa shape index (κ1) is 16.6. The van der Waals surface area contributed by atoms with Crippen molar-refractivity contribution in [2.45, 2.75) is 36.0 Å². The molecule has 0 amide bonds. The number of rotatable bonds is 5. The summed E-state index contributed by atoms with van der Waals surface area (Å²) in [6.07, 6.45) is 3.70. The summed E-state index contributed by atoms with van der Waals surface area (Å²) in [5.41, 5.74) is -0.571. The minimum Gasteiger partial charge on any atom is -0.492 e. The average Bonchev–Trinajstić information content (AvgIpc) is 2.95. The number of carbonyl (C=O) groups is 1. The van der Waals surface area contributed by atoms with E-state index in [1.165, 1.54) is 26.4 Å². The lowest BCUT2D eigenvalue weighted by atomic mass is 9.78. The highest BCUT2D eigenvalue weighted by molar-refractivity contribution is 7.90. The fraction of sp³-hybridized carbons (Fsp3) is 0.533. The van der Waals surface area contributed by atoms with Crippen molar-refractivity contribution in [3.63, 3.8) is 0 Å². The van der Waals surface area contributed by atoms with E-state index in [4.69, 9.17) is 9.47 Å². The summed E-state index contributed by atoms with van der Waals surface area (Å²) in [5.74, 6) is -0.665. The van der Waals surface area contributed by atoms with Crippen LogP contribution in [0.2, 0.25) is 0 Å². The van der Waals surface area contributed by atoms with Crippen LogP contribution in [-0.2, 0) is 20.0 Å². The molecule has 0 spiro atoms. The average molecular weight is 328 g/mol. The van der Waals surface area contributed by atoms with E-state index >= 15 is 0 Å². The SMILES string of the molecule is COc1c(C2(C(=O)O)CCCC2)ccc(S(C)(=O)=O)c1OC. The lowest BCUT2D eigenvalue weighted by Crippen LogP contribution is -2.33. The number of ether oxygens (including phenoxy) is 2. The maximum atomic E-state index is 11.9. The van der Waals surface area contributed by atoms with E-state index in [0.717, 1.165) is 19.1 Å². The molecule has 0 atom stereocenters. The molecule has 7 heteroatoms. The van der Waals surface area contributed by atoms with E-state index in [1.807, 2.05) is 0 Å². The Morgan fingerprint density at radius 3 is 2.09 bits per heavy atom. The van der Waals surface area contributed by atoms with Gasteiger partial charge >= 0.3 is 5.97 Å². The van der Waals surface area contributed by atoms with Gasteiger partial charge in [0.25, 0.3) is 0 Å². The first-order valence-electron chi connectivity index (χ1n) is 6.97. The highest BCUT2D eigenvalue weighted by atomic mass is 32.2. The standard InChI is InChI=1S/C15H20O6S/c1-20-12-10(15(14(16)17)8-4-5-9-15)6-7-11(13(12)21-2)22(3,18)19/h6-7H,4-5,8-9H2,1-3H3,(H,16,17). The summed E-state index contributed by atoms with van der Waals surface area (Å²) < 4.78 is 34.3. The smallest absolute Gasteiger partial charge is 0.314 e. The van der Waals surface area contributed by atoms with Gasteiger partial charge in [0.15, 0.2) is 21.3 Å². The molecule has 1 saturated carbocycles. The molecule has 1 aliphatic carbocycles. The normalized spacial score (nSPS) is 17.2. The lowest BCUT2D eigenvalue weighted by Gasteiger charge is -2.27. The summed E-state index contributed by atoms with van der Waals surface area (Å²) in [7, 11) is -0.778. The Morgan fingerprint density at radius 2 is 1.68 bits per heavy atom. The van der Waals surface area contributed by atoms with Crippen molar-refractivity contribution in [2.24, 2.45) is 0 Å². The first-order valence-corrected chi connectivity index (χ1v) is 8.86. The fourth-order valence-corrected chi connectivity index (χ4v) is 4.01. The van der Waals surface area contributed by atoms with E-state index in [1.54, 1.807) is 0 Å². The fourth-order valence-electron chi connectivity index (χ4n) is 3.19. The second-order valence-corrected chi connectivity index (χ2v) is 7.53. The Labute approximate surface area is 130 Å². The van der Waals surface area contributed by atoms with Gasteiger partial charge in [-0.25, -0.2) is 8.42 Å². The predicted octanol–water partition coefficient (Wildman–Crippen LogP) is 2.00. The van der Waals surface area contributed by atoms with Crippen molar-refractivity contribution in [1.82, 2.24) is 0 Å². The Kier molecular flexibility index (Phi) is 4.37. The largest absolute Gasteiger partial charge is 0.492 e. The summed E-state index contributed by atoms with van der Waals surface area (Å²) in [6.45, 7) is 0. The molecule has 0 bridgehead atoms. The molecule has 0 radical (unpaired) electrons. The Morgan fingerprint density at radius 1 is 1.14 bits per heavy atom. The van der Waals surface area contributed by atoms with Crippen molar-refractivity contribution in [1.29, 1.82) is 0 Å². The van der Waals surface area contributed by atoms with Crippen LogP contribution in [0, 0.1) is 0 Å². The zero-order valence-electron chi connectivity index (χ0n) is 12.9. The van der Waals surface area contributed by atoms with Gasteiger partial charge in [0.1, 0.15) is 4.90 Å². The molecule has 1 aromatic rings. The van der Waals surface area contributed by atoms with Gasteiger partial charge in [0.2, 0.25) is 0 Å². The minimum absolute atomic E-state index is 0.00543. The molecule has 6 nitrogen and oxygen atoms in total. The van der Waals surface area contributed by atoms with Crippen LogP contribution >= 0.6 is 0 Å². The van der Waals surface area contributed by atoms with Gasteiger partial charge in [-0.3, -0.25) is 4.79 Å². The molecule has 0 aromatic heterocycles. The quantitative estimate of drug-likeness (QED) is 0.889. The number of sulfone groups is 1. The molecule has 1 fully saturated rings. The molecule has 2 rings (SSSR count). The van der Waals surface area contributed by atoms with Crippen LogP contribution in [0.4, 0.5) is 0 Å². The maximum Gasteiger partial charge on any atom is 0.314 e. The van der Waals surface area contributed by atoms with Gasteiger partial charge in [-0.15, -0.1) is 0 Å². The van der Waals surface area contributed by atoms with Gasteiger partial charge in [0, 0.05) is 11.8 Å².